The van der Waals surface area contributed by atoms with Gasteiger partial charge in [-0.2, -0.15) is 0 Å². The molecule has 0 aliphatic carbocycles. The van der Waals surface area contributed by atoms with E-state index in [1.807, 2.05) is 18.2 Å². The Balaban J connectivity index is 1.55. The molecule has 0 unspecified atom stereocenters. The smallest absolute Gasteiger partial charge is 0.231 e. The van der Waals surface area contributed by atoms with Crippen molar-refractivity contribution in [2.24, 2.45) is 0 Å². The molecule has 2 atom stereocenters. The molecular weight excluding hydrogens is 312 g/mol. The van der Waals surface area contributed by atoms with E-state index in [9.17, 15) is 4.79 Å². The van der Waals surface area contributed by atoms with E-state index >= 15 is 0 Å². The third-order valence-corrected chi connectivity index (χ3v) is 4.11. The maximum atomic E-state index is 12.7. The molecule has 1 saturated heterocycles. The highest BCUT2D eigenvalue weighted by atomic mass is 16.7. The van der Waals surface area contributed by atoms with Crippen LogP contribution in [0.15, 0.2) is 36.4 Å². The first kappa shape index (κ1) is 14.8. The van der Waals surface area contributed by atoms with E-state index in [0.29, 0.717) is 28.6 Å². The lowest BCUT2D eigenvalue weighted by Crippen LogP contribution is -2.09. The second kappa shape index (κ2) is 5.72. The molecule has 6 nitrogen and oxygen atoms in total. The Morgan fingerprint density at radius 1 is 1.00 bits per heavy atom. The van der Waals surface area contributed by atoms with Gasteiger partial charge in [0.05, 0.1) is 14.2 Å². The Kier molecular flexibility index (Phi) is 3.54. The summed E-state index contributed by atoms with van der Waals surface area (Å²) in [4.78, 5) is 12.7. The molecule has 0 radical (unpaired) electrons. The van der Waals surface area contributed by atoms with Crippen LogP contribution in [0.25, 0.3) is 0 Å². The van der Waals surface area contributed by atoms with Gasteiger partial charge in [0.25, 0.3) is 0 Å². The number of ketones is 1. The lowest BCUT2D eigenvalue weighted by Gasteiger charge is -2.07. The summed E-state index contributed by atoms with van der Waals surface area (Å²) in [6.45, 7) is 0.219. The van der Waals surface area contributed by atoms with E-state index in [1.54, 1.807) is 32.4 Å². The number of ether oxygens (including phenoxy) is 5. The van der Waals surface area contributed by atoms with Crippen LogP contribution in [0.3, 0.4) is 0 Å². The molecule has 0 N–H and O–H groups in total. The highest BCUT2D eigenvalue weighted by molar-refractivity contribution is 6.02. The van der Waals surface area contributed by atoms with E-state index in [1.165, 1.54) is 0 Å². The number of Topliss-reactive ketones (excluding diaryl/α,β-unsaturated/α-hetero) is 1. The van der Waals surface area contributed by atoms with Crippen LogP contribution in [0.5, 0.6) is 23.0 Å². The molecule has 0 spiro atoms. The van der Waals surface area contributed by atoms with Crippen LogP contribution in [-0.4, -0.2) is 32.9 Å². The van der Waals surface area contributed by atoms with Crippen LogP contribution in [0.1, 0.15) is 22.0 Å². The fourth-order valence-corrected chi connectivity index (χ4v) is 2.77. The van der Waals surface area contributed by atoms with Gasteiger partial charge in [0.2, 0.25) is 6.79 Å². The van der Waals surface area contributed by atoms with E-state index in [0.717, 1.165) is 5.56 Å². The van der Waals surface area contributed by atoms with Crippen molar-refractivity contribution in [3.05, 3.63) is 47.5 Å². The minimum atomic E-state index is -0.512. The van der Waals surface area contributed by atoms with Crippen molar-refractivity contribution < 1.29 is 28.5 Å². The fraction of sp³-hybridized carbons (Fsp3) is 0.278. The van der Waals surface area contributed by atoms with Gasteiger partial charge in [0, 0.05) is 11.6 Å². The summed E-state index contributed by atoms with van der Waals surface area (Å²) >= 11 is 0. The lowest BCUT2D eigenvalue weighted by molar-refractivity contribution is 0.0953. The van der Waals surface area contributed by atoms with Crippen molar-refractivity contribution >= 4 is 5.78 Å². The second-order valence-electron chi connectivity index (χ2n) is 5.56. The monoisotopic (exact) mass is 328 g/mol. The Hall–Kier alpha value is -2.73. The molecule has 4 rings (SSSR count). The molecule has 2 aliphatic rings. The van der Waals surface area contributed by atoms with Crippen molar-refractivity contribution in [1.82, 2.24) is 0 Å². The van der Waals surface area contributed by atoms with Crippen LogP contribution >= 0.6 is 0 Å². The number of benzene rings is 2. The third kappa shape index (κ3) is 2.55. The maximum absolute atomic E-state index is 12.7. The molecule has 2 aliphatic heterocycles. The van der Waals surface area contributed by atoms with Crippen LogP contribution in [0.2, 0.25) is 0 Å². The number of methoxy groups -OCH3 is 2. The zero-order chi connectivity index (χ0) is 16.7. The normalized spacial score (nSPS) is 20.6. The Morgan fingerprint density at radius 3 is 2.42 bits per heavy atom. The molecule has 2 heterocycles. The van der Waals surface area contributed by atoms with Crippen molar-refractivity contribution in [2.75, 3.05) is 21.0 Å². The van der Waals surface area contributed by atoms with Crippen molar-refractivity contribution in [2.45, 2.75) is 12.2 Å². The summed E-state index contributed by atoms with van der Waals surface area (Å²) in [5, 5.41) is 0. The van der Waals surface area contributed by atoms with Crippen LogP contribution in [0.4, 0.5) is 0 Å². The number of rotatable bonds is 5. The Morgan fingerprint density at radius 2 is 1.71 bits per heavy atom. The average Bonchev–Trinajstić information content (AvgIpc) is 3.29. The summed E-state index contributed by atoms with van der Waals surface area (Å²) in [6.07, 6.45) is -0.786. The van der Waals surface area contributed by atoms with Gasteiger partial charge in [0.1, 0.15) is 17.6 Å². The van der Waals surface area contributed by atoms with Gasteiger partial charge < -0.3 is 23.7 Å². The number of hydrogen-bond acceptors (Lipinski definition) is 6. The fourth-order valence-electron chi connectivity index (χ4n) is 2.77. The van der Waals surface area contributed by atoms with Crippen LogP contribution in [-0.2, 0) is 4.74 Å². The number of hydrogen-bond donors (Lipinski definition) is 0. The molecule has 1 fully saturated rings. The van der Waals surface area contributed by atoms with Gasteiger partial charge in [-0.1, -0.05) is 6.07 Å². The predicted octanol–water partition coefficient (Wildman–Crippen LogP) is 2.76. The molecule has 0 bridgehead atoms. The zero-order valence-electron chi connectivity index (χ0n) is 13.3. The van der Waals surface area contributed by atoms with Crippen LogP contribution < -0.4 is 18.9 Å². The number of carbonyl (C=O) groups is 1. The average molecular weight is 328 g/mol. The first-order valence-electron chi connectivity index (χ1n) is 7.52. The summed E-state index contributed by atoms with van der Waals surface area (Å²) in [6, 6.07) is 10.7. The standard InChI is InChI=1S/C18H16O6/c1-20-12-5-11(6-13(8-12)21-2)16(19)18-17(24-18)10-3-4-14-15(7-10)23-9-22-14/h3-8,17-18H,9H2,1-2H3/t17-,18-/m1/s1. The Bertz CT molecular complexity index is 778. The van der Waals surface area contributed by atoms with E-state index in [-0.39, 0.29) is 18.7 Å². The van der Waals surface area contributed by atoms with E-state index in [4.69, 9.17) is 23.7 Å². The quantitative estimate of drug-likeness (QED) is 0.621. The van der Waals surface area contributed by atoms with Crippen molar-refractivity contribution in [1.29, 1.82) is 0 Å². The number of carbonyl (C=O) groups excluding carboxylic acids is 1. The Labute approximate surface area is 138 Å². The summed E-state index contributed by atoms with van der Waals surface area (Å²) in [7, 11) is 3.10. The maximum Gasteiger partial charge on any atom is 0.231 e. The topological polar surface area (TPSA) is 66.5 Å². The highest BCUT2D eigenvalue weighted by Gasteiger charge is 2.46. The molecular formula is C18H16O6. The number of epoxide rings is 1. The van der Waals surface area contributed by atoms with Gasteiger partial charge in [-0.15, -0.1) is 0 Å². The second-order valence-corrected chi connectivity index (χ2v) is 5.56. The summed E-state index contributed by atoms with van der Waals surface area (Å²) in [5.74, 6) is 2.42. The van der Waals surface area contributed by atoms with Gasteiger partial charge in [-0.3, -0.25) is 4.79 Å². The highest BCUT2D eigenvalue weighted by Crippen LogP contribution is 2.44. The van der Waals surface area contributed by atoms with Gasteiger partial charge >= 0.3 is 0 Å². The summed E-state index contributed by atoms with van der Waals surface area (Å²) < 4.78 is 26.7. The van der Waals surface area contributed by atoms with Gasteiger partial charge in [-0.25, -0.2) is 0 Å². The zero-order valence-corrected chi connectivity index (χ0v) is 13.3. The molecule has 6 heteroatoms. The minimum absolute atomic E-state index is 0.102. The molecule has 24 heavy (non-hydrogen) atoms. The van der Waals surface area contributed by atoms with E-state index in [2.05, 4.69) is 0 Å². The predicted molar refractivity (Wildman–Crippen MR) is 84.1 cm³/mol. The van der Waals surface area contributed by atoms with Crippen molar-refractivity contribution in [3.8, 4) is 23.0 Å². The largest absolute Gasteiger partial charge is 0.497 e. The van der Waals surface area contributed by atoms with E-state index < -0.39 is 6.10 Å². The molecule has 0 saturated carbocycles. The minimum Gasteiger partial charge on any atom is -0.497 e. The lowest BCUT2D eigenvalue weighted by atomic mass is 10.0. The SMILES string of the molecule is COc1cc(OC)cc(C(=O)[C@H]2O[C@@H]2c2ccc3c(c2)OCO3)c1. The first-order valence-corrected chi connectivity index (χ1v) is 7.52. The molecule has 0 aromatic heterocycles. The van der Waals surface area contributed by atoms with Gasteiger partial charge in [0.15, 0.2) is 23.4 Å². The first-order chi connectivity index (χ1) is 11.7. The molecule has 0 amide bonds. The van der Waals surface area contributed by atoms with Gasteiger partial charge in [-0.05, 0) is 29.8 Å². The summed E-state index contributed by atoms with van der Waals surface area (Å²) in [5.41, 5.74) is 1.40. The number of fused-ring (bicyclic) bond motifs is 1. The molecule has 2 aromatic rings. The van der Waals surface area contributed by atoms with Crippen molar-refractivity contribution in [3.63, 3.8) is 0 Å². The van der Waals surface area contributed by atoms with Crippen LogP contribution in [0, 0.1) is 0 Å². The molecule has 2 aromatic carbocycles. The third-order valence-electron chi connectivity index (χ3n) is 4.11. The molecule has 124 valence electrons.